The molecule has 2 heterocycles. The Morgan fingerprint density at radius 3 is 2.82 bits per heavy atom. The average molecular weight is 293 g/mol. The van der Waals surface area contributed by atoms with E-state index in [2.05, 4.69) is 60.8 Å². The van der Waals surface area contributed by atoms with Crippen molar-refractivity contribution in [1.29, 1.82) is 0 Å². The fourth-order valence-corrected chi connectivity index (χ4v) is 4.19. The number of ether oxygens (including phenoxy) is 1. The zero-order chi connectivity index (χ0) is 15.0. The summed E-state index contributed by atoms with van der Waals surface area (Å²) in [6.07, 6.45) is 2.39. The third-order valence-electron chi connectivity index (χ3n) is 5.38. The summed E-state index contributed by atoms with van der Waals surface area (Å²) in [6, 6.07) is 17.6. The summed E-state index contributed by atoms with van der Waals surface area (Å²) in [5, 5.41) is 3.63. The number of rotatable bonds is 1. The van der Waals surface area contributed by atoms with E-state index in [1.54, 1.807) is 0 Å². The molecular formula is C20H23NO. The van der Waals surface area contributed by atoms with Crippen molar-refractivity contribution < 1.29 is 4.74 Å². The van der Waals surface area contributed by atoms with Gasteiger partial charge in [-0.05, 0) is 42.0 Å². The molecule has 2 nitrogen and oxygen atoms in total. The lowest BCUT2D eigenvalue weighted by Gasteiger charge is -2.45. The van der Waals surface area contributed by atoms with Crippen molar-refractivity contribution in [2.75, 3.05) is 13.2 Å². The zero-order valence-electron chi connectivity index (χ0n) is 13.1. The van der Waals surface area contributed by atoms with Gasteiger partial charge in [-0.1, -0.05) is 48.5 Å². The molecule has 1 N–H and O–H groups in total. The molecular weight excluding hydrogens is 270 g/mol. The van der Waals surface area contributed by atoms with Crippen LogP contribution in [-0.2, 0) is 16.7 Å². The highest BCUT2D eigenvalue weighted by Crippen LogP contribution is 2.45. The second-order valence-electron chi connectivity index (χ2n) is 6.71. The summed E-state index contributed by atoms with van der Waals surface area (Å²) >= 11 is 0. The Hall–Kier alpha value is -1.64. The quantitative estimate of drug-likeness (QED) is 0.861. The summed E-state index contributed by atoms with van der Waals surface area (Å²) in [6.45, 7) is 5.09. The number of benzene rings is 2. The molecule has 2 aliphatic heterocycles. The van der Waals surface area contributed by atoms with Crippen LogP contribution in [-0.4, -0.2) is 13.2 Å². The lowest BCUT2D eigenvalue weighted by Crippen LogP contribution is -2.47. The largest absolute Gasteiger partial charge is 0.373 e. The van der Waals surface area contributed by atoms with Gasteiger partial charge in [0, 0.05) is 25.1 Å². The summed E-state index contributed by atoms with van der Waals surface area (Å²) in [5.74, 6) is 0. The van der Waals surface area contributed by atoms with Crippen molar-refractivity contribution in [3.8, 4) is 0 Å². The molecule has 0 aromatic heterocycles. The van der Waals surface area contributed by atoms with E-state index < -0.39 is 0 Å². The van der Waals surface area contributed by atoms with Crippen LogP contribution in [0.5, 0.6) is 0 Å². The monoisotopic (exact) mass is 293 g/mol. The maximum Gasteiger partial charge on any atom is 0.0836 e. The van der Waals surface area contributed by atoms with Gasteiger partial charge >= 0.3 is 0 Å². The molecule has 0 radical (unpaired) electrons. The van der Waals surface area contributed by atoms with Gasteiger partial charge < -0.3 is 10.1 Å². The van der Waals surface area contributed by atoms with Crippen LogP contribution in [0.2, 0.25) is 0 Å². The van der Waals surface area contributed by atoms with Crippen molar-refractivity contribution in [2.45, 2.75) is 37.8 Å². The van der Waals surface area contributed by atoms with E-state index in [0.717, 1.165) is 32.5 Å². The SMILES string of the molecule is Cc1ccccc1C1CC2(CCO1)CNCc1ccccc12. The number of nitrogens with one attached hydrogen (secondary N) is 1. The molecule has 114 valence electrons. The van der Waals surface area contributed by atoms with Crippen molar-refractivity contribution in [3.63, 3.8) is 0 Å². The third-order valence-corrected chi connectivity index (χ3v) is 5.38. The molecule has 1 saturated heterocycles. The minimum Gasteiger partial charge on any atom is -0.373 e. The van der Waals surface area contributed by atoms with Gasteiger partial charge in [-0.2, -0.15) is 0 Å². The highest BCUT2D eigenvalue weighted by molar-refractivity contribution is 5.39. The lowest BCUT2D eigenvalue weighted by atomic mass is 9.68. The van der Waals surface area contributed by atoms with Gasteiger partial charge in [-0.3, -0.25) is 0 Å². The highest BCUT2D eigenvalue weighted by Gasteiger charge is 2.41. The Morgan fingerprint density at radius 2 is 1.91 bits per heavy atom. The standard InChI is InChI=1S/C20H23NO/c1-15-6-2-4-8-17(15)19-12-20(10-11-22-19)14-21-13-16-7-3-5-9-18(16)20/h2-9,19,21H,10-14H2,1H3. The predicted octanol–water partition coefficient (Wildman–Crippen LogP) is 3.89. The molecule has 22 heavy (non-hydrogen) atoms. The van der Waals surface area contributed by atoms with Crippen LogP contribution in [0.15, 0.2) is 48.5 Å². The molecule has 0 aliphatic carbocycles. The van der Waals surface area contributed by atoms with Crippen LogP contribution in [0.3, 0.4) is 0 Å². The van der Waals surface area contributed by atoms with Crippen LogP contribution < -0.4 is 5.32 Å². The van der Waals surface area contributed by atoms with Crippen LogP contribution in [0.1, 0.15) is 41.2 Å². The molecule has 0 saturated carbocycles. The smallest absolute Gasteiger partial charge is 0.0836 e. The molecule has 0 bridgehead atoms. The van der Waals surface area contributed by atoms with Gasteiger partial charge in [0.05, 0.1) is 6.10 Å². The van der Waals surface area contributed by atoms with Gasteiger partial charge in [-0.15, -0.1) is 0 Å². The number of hydrogen-bond acceptors (Lipinski definition) is 2. The molecule has 2 heteroatoms. The Bertz CT molecular complexity index is 681. The number of aryl methyl sites for hydroxylation is 1. The van der Waals surface area contributed by atoms with E-state index in [-0.39, 0.29) is 11.5 Å². The molecule has 4 rings (SSSR count). The fourth-order valence-electron chi connectivity index (χ4n) is 4.19. The van der Waals surface area contributed by atoms with Gasteiger partial charge in [0.15, 0.2) is 0 Å². The van der Waals surface area contributed by atoms with E-state index in [9.17, 15) is 0 Å². The molecule has 2 unspecified atom stereocenters. The van der Waals surface area contributed by atoms with Gasteiger partial charge in [-0.25, -0.2) is 0 Å². The normalized spacial score (nSPS) is 27.6. The van der Waals surface area contributed by atoms with Crippen LogP contribution in [0.25, 0.3) is 0 Å². The van der Waals surface area contributed by atoms with E-state index in [1.165, 1.54) is 22.3 Å². The number of fused-ring (bicyclic) bond motifs is 2. The molecule has 2 aromatic rings. The Balaban J connectivity index is 1.71. The topological polar surface area (TPSA) is 21.3 Å². The average Bonchev–Trinajstić information content (AvgIpc) is 2.56. The summed E-state index contributed by atoms with van der Waals surface area (Å²) in [7, 11) is 0. The van der Waals surface area contributed by atoms with Crippen molar-refractivity contribution in [2.24, 2.45) is 0 Å². The van der Waals surface area contributed by atoms with Crippen LogP contribution >= 0.6 is 0 Å². The molecule has 2 atom stereocenters. The molecule has 2 aliphatic rings. The van der Waals surface area contributed by atoms with E-state index in [0.29, 0.717) is 0 Å². The Labute approximate surface area is 132 Å². The van der Waals surface area contributed by atoms with Crippen LogP contribution in [0.4, 0.5) is 0 Å². The second kappa shape index (κ2) is 5.53. The Morgan fingerprint density at radius 1 is 1.09 bits per heavy atom. The van der Waals surface area contributed by atoms with E-state index >= 15 is 0 Å². The maximum atomic E-state index is 6.16. The number of hydrogen-bond donors (Lipinski definition) is 1. The first-order chi connectivity index (χ1) is 10.8. The first-order valence-corrected chi connectivity index (χ1v) is 8.25. The molecule has 2 aromatic carbocycles. The van der Waals surface area contributed by atoms with E-state index in [1.807, 2.05) is 0 Å². The minimum absolute atomic E-state index is 0.211. The van der Waals surface area contributed by atoms with Crippen molar-refractivity contribution >= 4 is 0 Å². The minimum atomic E-state index is 0.211. The van der Waals surface area contributed by atoms with Gasteiger partial charge in [0.25, 0.3) is 0 Å². The summed E-state index contributed by atoms with van der Waals surface area (Å²) in [5.41, 5.74) is 5.90. The fraction of sp³-hybridized carbons (Fsp3) is 0.400. The third kappa shape index (κ3) is 2.27. The maximum absolute atomic E-state index is 6.16. The van der Waals surface area contributed by atoms with Crippen LogP contribution in [0, 0.1) is 6.92 Å². The Kier molecular flexibility index (Phi) is 3.51. The first kappa shape index (κ1) is 14.0. The summed E-state index contributed by atoms with van der Waals surface area (Å²) in [4.78, 5) is 0. The van der Waals surface area contributed by atoms with Crippen molar-refractivity contribution in [3.05, 3.63) is 70.8 Å². The molecule has 1 spiro atoms. The predicted molar refractivity (Wildman–Crippen MR) is 88.9 cm³/mol. The van der Waals surface area contributed by atoms with Gasteiger partial charge in [0.2, 0.25) is 0 Å². The van der Waals surface area contributed by atoms with Gasteiger partial charge in [0.1, 0.15) is 0 Å². The summed E-state index contributed by atoms with van der Waals surface area (Å²) < 4.78 is 6.16. The highest BCUT2D eigenvalue weighted by atomic mass is 16.5. The van der Waals surface area contributed by atoms with Crippen molar-refractivity contribution in [1.82, 2.24) is 5.32 Å². The van der Waals surface area contributed by atoms with E-state index in [4.69, 9.17) is 4.74 Å². The first-order valence-electron chi connectivity index (χ1n) is 8.25. The second-order valence-corrected chi connectivity index (χ2v) is 6.71. The molecule has 0 amide bonds. The lowest BCUT2D eigenvalue weighted by molar-refractivity contribution is -0.0250. The molecule has 1 fully saturated rings. The zero-order valence-corrected chi connectivity index (χ0v) is 13.1.